The van der Waals surface area contributed by atoms with Gasteiger partial charge in [-0.2, -0.15) is 0 Å². The van der Waals surface area contributed by atoms with Gasteiger partial charge in [-0.25, -0.2) is 15.0 Å². The highest BCUT2D eigenvalue weighted by Crippen LogP contribution is 2.22. The van der Waals surface area contributed by atoms with Crippen LogP contribution in [0.5, 0.6) is 0 Å². The highest BCUT2D eigenvalue weighted by Gasteiger charge is 2.22. The minimum atomic E-state index is 0.854. The number of hydrogen-bond donors (Lipinski definition) is 0. The Kier molecular flexibility index (Phi) is 5.38. The number of piperazine rings is 2. The Morgan fingerprint density at radius 3 is 1.85 bits per heavy atom. The van der Waals surface area contributed by atoms with Gasteiger partial charge in [0.1, 0.15) is 23.3 Å². The molecule has 2 fully saturated rings. The summed E-state index contributed by atoms with van der Waals surface area (Å²) in [4.78, 5) is 23.5. The number of pyridine rings is 1. The van der Waals surface area contributed by atoms with Crippen LogP contribution in [0.1, 0.15) is 12.7 Å². The third-order valence-corrected chi connectivity index (χ3v) is 5.53. The first kappa shape index (κ1) is 18.0. The Morgan fingerprint density at radius 2 is 1.33 bits per heavy atom. The van der Waals surface area contributed by atoms with E-state index in [1.165, 1.54) is 0 Å². The predicted molar refractivity (Wildman–Crippen MR) is 110 cm³/mol. The normalized spacial score (nSPS) is 18.8. The molecule has 2 aliphatic heterocycles. The Labute approximate surface area is 161 Å². The first-order valence-electron chi connectivity index (χ1n) is 9.97. The van der Waals surface area contributed by atoms with Gasteiger partial charge < -0.3 is 19.6 Å². The van der Waals surface area contributed by atoms with E-state index in [9.17, 15) is 0 Å². The first-order chi connectivity index (χ1) is 13.2. The van der Waals surface area contributed by atoms with Crippen LogP contribution in [-0.4, -0.2) is 78.8 Å². The van der Waals surface area contributed by atoms with Gasteiger partial charge in [0.25, 0.3) is 0 Å². The molecule has 0 spiro atoms. The van der Waals surface area contributed by atoms with Gasteiger partial charge in [0.05, 0.1) is 0 Å². The molecule has 0 saturated carbocycles. The Morgan fingerprint density at radius 1 is 0.778 bits per heavy atom. The molecule has 2 aromatic rings. The molecule has 0 unspecified atom stereocenters. The Bertz CT molecular complexity index is 735. The van der Waals surface area contributed by atoms with Crippen LogP contribution in [-0.2, 0) is 0 Å². The first-order valence-corrected chi connectivity index (χ1v) is 9.97. The number of nitrogens with zero attached hydrogens (tertiary/aromatic N) is 7. The molecule has 2 aliphatic rings. The second kappa shape index (κ2) is 8.08. The fraction of sp³-hybridized carbons (Fsp3) is 0.550. The van der Waals surface area contributed by atoms with Crippen LogP contribution in [0.15, 0.2) is 30.5 Å². The average molecular weight is 368 g/mol. The van der Waals surface area contributed by atoms with Crippen LogP contribution < -0.4 is 14.7 Å². The third-order valence-electron chi connectivity index (χ3n) is 5.53. The maximum Gasteiger partial charge on any atom is 0.134 e. The number of anilines is 3. The molecule has 0 amide bonds. The van der Waals surface area contributed by atoms with Gasteiger partial charge in [-0.1, -0.05) is 13.0 Å². The van der Waals surface area contributed by atoms with Crippen molar-refractivity contribution in [3.05, 3.63) is 36.3 Å². The summed E-state index contributed by atoms with van der Waals surface area (Å²) in [6, 6.07) is 8.27. The van der Waals surface area contributed by atoms with Gasteiger partial charge in [-0.3, -0.25) is 0 Å². The van der Waals surface area contributed by atoms with Crippen LogP contribution in [0, 0.1) is 6.92 Å². The number of aromatic nitrogens is 3. The minimum Gasteiger partial charge on any atom is -0.354 e. The van der Waals surface area contributed by atoms with Crippen LogP contribution >= 0.6 is 0 Å². The van der Waals surface area contributed by atoms with Gasteiger partial charge in [0, 0.05) is 64.6 Å². The fourth-order valence-electron chi connectivity index (χ4n) is 3.86. The highest BCUT2D eigenvalue weighted by atomic mass is 15.3. The smallest absolute Gasteiger partial charge is 0.134 e. The zero-order valence-electron chi connectivity index (χ0n) is 16.4. The summed E-state index contributed by atoms with van der Waals surface area (Å²) < 4.78 is 0. The van der Waals surface area contributed by atoms with E-state index in [2.05, 4.69) is 43.6 Å². The van der Waals surface area contributed by atoms with Crippen LogP contribution in [0.4, 0.5) is 17.5 Å². The van der Waals surface area contributed by atoms with E-state index in [1.54, 1.807) is 0 Å². The van der Waals surface area contributed by atoms with Crippen molar-refractivity contribution < 1.29 is 0 Å². The van der Waals surface area contributed by atoms with Gasteiger partial charge >= 0.3 is 0 Å². The summed E-state index contributed by atoms with van der Waals surface area (Å²) in [5.74, 6) is 4.04. The molecular weight excluding hydrogens is 338 g/mol. The SMILES string of the molecule is CCN1CCN(c2cc(N3CCN(c4ccccn4)CC3)nc(C)n2)CC1. The summed E-state index contributed by atoms with van der Waals surface area (Å²) in [7, 11) is 0. The lowest BCUT2D eigenvalue weighted by molar-refractivity contribution is 0.270. The topological polar surface area (TPSA) is 51.6 Å². The number of hydrogen-bond acceptors (Lipinski definition) is 7. The summed E-state index contributed by atoms with van der Waals surface area (Å²) in [6.45, 7) is 13.5. The maximum absolute atomic E-state index is 4.72. The number of likely N-dealkylation sites (N-methyl/N-ethyl adjacent to an activating group) is 1. The maximum atomic E-state index is 4.72. The molecule has 27 heavy (non-hydrogen) atoms. The van der Waals surface area contributed by atoms with Crippen LogP contribution in [0.2, 0.25) is 0 Å². The van der Waals surface area contributed by atoms with E-state index in [-0.39, 0.29) is 0 Å². The van der Waals surface area contributed by atoms with Crippen molar-refractivity contribution in [2.75, 3.05) is 73.6 Å². The zero-order chi connectivity index (χ0) is 18.6. The van der Waals surface area contributed by atoms with Crippen molar-refractivity contribution in [3.63, 3.8) is 0 Å². The Hall–Kier alpha value is -2.41. The largest absolute Gasteiger partial charge is 0.354 e. The number of aryl methyl sites for hydroxylation is 1. The molecule has 4 rings (SSSR count). The summed E-state index contributed by atoms with van der Waals surface area (Å²) >= 11 is 0. The third kappa shape index (κ3) is 4.13. The number of rotatable bonds is 4. The molecular formula is C20H29N7. The highest BCUT2D eigenvalue weighted by molar-refractivity contribution is 5.53. The van der Waals surface area contributed by atoms with Crippen molar-refractivity contribution in [1.82, 2.24) is 19.9 Å². The Balaban J connectivity index is 1.43. The molecule has 0 aromatic carbocycles. The lowest BCUT2D eigenvalue weighted by atomic mass is 10.2. The van der Waals surface area contributed by atoms with Crippen molar-refractivity contribution in [2.24, 2.45) is 0 Å². The van der Waals surface area contributed by atoms with Crippen molar-refractivity contribution in [3.8, 4) is 0 Å². The minimum absolute atomic E-state index is 0.854. The van der Waals surface area contributed by atoms with Gasteiger partial charge in [-0.05, 0) is 25.6 Å². The van der Waals surface area contributed by atoms with Crippen molar-refractivity contribution >= 4 is 17.5 Å². The van der Waals surface area contributed by atoms with E-state index < -0.39 is 0 Å². The lowest BCUT2D eigenvalue weighted by Crippen LogP contribution is -2.48. The second-order valence-electron chi connectivity index (χ2n) is 7.21. The molecule has 0 atom stereocenters. The monoisotopic (exact) mass is 367 g/mol. The lowest BCUT2D eigenvalue weighted by Gasteiger charge is -2.37. The summed E-state index contributed by atoms with van der Waals surface area (Å²) in [5.41, 5.74) is 0. The van der Waals surface area contributed by atoms with E-state index in [0.29, 0.717) is 0 Å². The quantitative estimate of drug-likeness (QED) is 0.814. The molecule has 0 radical (unpaired) electrons. The molecule has 0 aliphatic carbocycles. The molecule has 7 nitrogen and oxygen atoms in total. The van der Waals surface area contributed by atoms with Gasteiger partial charge in [-0.15, -0.1) is 0 Å². The molecule has 144 valence electrons. The van der Waals surface area contributed by atoms with Crippen LogP contribution in [0.25, 0.3) is 0 Å². The molecule has 0 N–H and O–H groups in total. The van der Waals surface area contributed by atoms with Gasteiger partial charge in [0.15, 0.2) is 0 Å². The molecule has 7 heteroatoms. The second-order valence-corrected chi connectivity index (χ2v) is 7.21. The summed E-state index contributed by atoms with van der Waals surface area (Å²) in [5, 5.41) is 0. The molecule has 2 saturated heterocycles. The van der Waals surface area contributed by atoms with E-state index in [0.717, 1.165) is 82.2 Å². The standard InChI is InChI=1S/C20H29N7/c1-3-24-8-10-26(11-9-24)19-16-20(23-17(2)22-19)27-14-12-25(13-15-27)18-6-4-5-7-21-18/h4-7,16H,3,8-15H2,1-2H3. The molecule has 0 bridgehead atoms. The van der Waals surface area contributed by atoms with E-state index in [1.807, 2.05) is 25.3 Å². The molecule has 2 aromatic heterocycles. The van der Waals surface area contributed by atoms with E-state index in [4.69, 9.17) is 9.97 Å². The van der Waals surface area contributed by atoms with Crippen LogP contribution in [0.3, 0.4) is 0 Å². The zero-order valence-corrected chi connectivity index (χ0v) is 16.4. The fourth-order valence-corrected chi connectivity index (χ4v) is 3.86. The van der Waals surface area contributed by atoms with Crippen molar-refractivity contribution in [1.29, 1.82) is 0 Å². The average Bonchev–Trinajstić information content (AvgIpc) is 2.74. The summed E-state index contributed by atoms with van der Waals surface area (Å²) in [6.07, 6.45) is 1.86. The van der Waals surface area contributed by atoms with E-state index >= 15 is 0 Å². The molecule has 4 heterocycles. The van der Waals surface area contributed by atoms with Crippen molar-refractivity contribution in [2.45, 2.75) is 13.8 Å². The van der Waals surface area contributed by atoms with Gasteiger partial charge in [0.2, 0.25) is 0 Å². The predicted octanol–water partition coefficient (Wildman–Crippen LogP) is 1.65.